The Hall–Kier alpha value is 0.960. The van der Waals surface area contributed by atoms with Crippen molar-refractivity contribution < 1.29 is 5.11 Å². The van der Waals surface area contributed by atoms with Crippen LogP contribution in [0, 0.1) is 0 Å². The molecule has 1 saturated heterocycles. The average molecular weight is 516 g/mol. The molecule has 8 heteroatoms. The number of phenolic OH excluding ortho intramolecular Hbond substituents is 1. The lowest BCUT2D eigenvalue weighted by molar-refractivity contribution is 0.184. The highest BCUT2D eigenvalue weighted by atomic mass is 79.9. The Bertz CT molecular complexity index is 457. The van der Waals surface area contributed by atoms with E-state index in [-0.39, 0.29) is 36.6 Å². The van der Waals surface area contributed by atoms with Gasteiger partial charge >= 0.3 is 0 Å². The van der Waals surface area contributed by atoms with Gasteiger partial charge in [0.05, 0.1) is 8.95 Å². The van der Waals surface area contributed by atoms with Gasteiger partial charge in [-0.3, -0.25) is 4.90 Å². The Labute approximate surface area is 157 Å². The van der Waals surface area contributed by atoms with E-state index in [9.17, 15) is 5.11 Å². The number of hydrogen-bond acceptors (Lipinski definition) is 3. The van der Waals surface area contributed by atoms with E-state index in [0.29, 0.717) is 4.47 Å². The Kier molecular flexibility index (Phi) is 9.62. The molecule has 0 aromatic heterocycles. The zero-order valence-corrected chi connectivity index (χ0v) is 17.2. The topological polar surface area (TPSA) is 35.5 Å². The summed E-state index contributed by atoms with van der Waals surface area (Å²) in [4.78, 5) is 2.41. The number of halogens is 5. The summed E-state index contributed by atoms with van der Waals surface area (Å²) >= 11 is 10.4. The van der Waals surface area contributed by atoms with E-state index in [4.69, 9.17) is 0 Å². The van der Waals surface area contributed by atoms with Crippen molar-refractivity contribution in [2.45, 2.75) is 13.0 Å². The van der Waals surface area contributed by atoms with Gasteiger partial charge in [-0.25, -0.2) is 0 Å². The molecule has 0 unspecified atom stereocenters. The van der Waals surface area contributed by atoms with Crippen molar-refractivity contribution in [1.82, 2.24) is 10.2 Å². The fraction of sp³-hybridized carbons (Fsp3) is 0.500. The fourth-order valence-corrected chi connectivity index (χ4v) is 5.01. The van der Waals surface area contributed by atoms with Crippen LogP contribution in [0.4, 0.5) is 0 Å². The first-order valence-electron chi connectivity index (χ1n) is 5.83. The van der Waals surface area contributed by atoms with E-state index in [1.54, 1.807) is 0 Å². The molecule has 20 heavy (non-hydrogen) atoms. The molecule has 2 rings (SSSR count). The van der Waals surface area contributed by atoms with Crippen LogP contribution in [-0.4, -0.2) is 36.2 Å². The lowest BCUT2D eigenvalue weighted by atomic mass is 10.1. The first kappa shape index (κ1) is 21.0. The molecule has 1 aliphatic heterocycles. The molecule has 1 aromatic rings. The third-order valence-electron chi connectivity index (χ3n) is 3.30. The summed E-state index contributed by atoms with van der Waals surface area (Å²) in [7, 11) is 0. The van der Waals surface area contributed by atoms with Crippen LogP contribution in [-0.2, 0) is 0 Å². The van der Waals surface area contributed by atoms with Crippen molar-refractivity contribution in [3.05, 3.63) is 25.0 Å². The second-order valence-electron chi connectivity index (χ2n) is 4.38. The van der Waals surface area contributed by atoms with Crippen LogP contribution < -0.4 is 5.32 Å². The van der Waals surface area contributed by atoms with Gasteiger partial charge in [0.2, 0.25) is 0 Å². The van der Waals surface area contributed by atoms with Gasteiger partial charge in [0.1, 0.15) is 5.75 Å². The third-order valence-corrected chi connectivity index (χ3v) is 5.36. The molecule has 1 fully saturated rings. The van der Waals surface area contributed by atoms with E-state index < -0.39 is 0 Å². The van der Waals surface area contributed by atoms with E-state index >= 15 is 0 Å². The lowest BCUT2D eigenvalue weighted by Crippen LogP contribution is -2.44. The summed E-state index contributed by atoms with van der Waals surface area (Å²) in [6.07, 6.45) is 0. The number of aromatic hydroxyl groups is 1. The summed E-state index contributed by atoms with van der Waals surface area (Å²) in [5.41, 5.74) is 1.10. The number of benzene rings is 1. The van der Waals surface area contributed by atoms with Gasteiger partial charge in [0, 0.05) is 42.3 Å². The van der Waals surface area contributed by atoms with E-state index in [2.05, 4.69) is 64.9 Å². The normalized spacial score (nSPS) is 17.0. The Morgan fingerprint density at radius 1 is 1.15 bits per heavy atom. The van der Waals surface area contributed by atoms with E-state index in [0.717, 1.165) is 40.7 Å². The molecule has 0 aliphatic carbocycles. The summed E-state index contributed by atoms with van der Waals surface area (Å²) in [5.74, 6) is 0.259. The molecule has 0 bridgehead atoms. The van der Waals surface area contributed by atoms with Crippen molar-refractivity contribution in [3.63, 3.8) is 0 Å². The van der Waals surface area contributed by atoms with Crippen molar-refractivity contribution in [1.29, 1.82) is 0 Å². The van der Waals surface area contributed by atoms with Gasteiger partial charge in [-0.15, -0.1) is 24.8 Å². The molecule has 3 nitrogen and oxygen atoms in total. The molecule has 1 aliphatic rings. The van der Waals surface area contributed by atoms with Gasteiger partial charge in [-0.2, -0.15) is 0 Å². The molecule has 0 saturated carbocycles. The third kappa shape index (κ3) is 4.48. The fourth-order valence-electron chi connectivity index (χ4n) is 2.23. The zero-order valence-electron chi connectivity index (χ0n) is 10.8. The van der Waals surface area contributed by atoms with Crippen LogP contribution in [0.2, 0.25) is 0 Å². The van der Waals surface area contributed by atoms with Crippen LogP contribution in [0.1, 0.15) is 18.5 Å². The van der Waals surface area contributed by atoms with Gasteiger partial charge in [-0.1, -0.05) is 15.9 Å². The lowest BCUT2D eigenvalue weighted by Gasteiger charge is -2.34. The Morgan fingerprint density at radius 2 is 1.70 bits per heavy atom. The maximum absolute atomic E-state index is 10.0. The number of hydrogen-bond donors (Lipinski definition) is 2. The SMILES string of the molecule is C[C@@H](c1c(Br)cc(Br)c(O)c1Br)N1CCNCC1.Cl.Cl. The average Bonchev–Trinajstić information content (AvgIpc) is 2.37. The first-order chi connectivity index (χ1) is 8.52. The molecule has 116 valence electrons. The van der Waals surface area contributed by atoms with E-state index in [1.165, 1.54) is 0 Å². The summed E-state index contributed by atoms with van der Waals surface area (Å²) in [5, 5.41) is 13.4. The summed E-state index contributed by atoms with van der Waals surface area (Å²) in [6, 6.07) is 2.16. The minimum absolute atomic E-state index is 0. The zero-order chi connectivity index (χ0) is 13.3. The highest BCUT2D eigenvalue weighted by Gasteiger charge is 2.24. The smallest absolute Gasteiger partial charge is 0.144 e. The number of piperazine rings is 1. The van der Waals surface area contributed by atoms with Crippen LogP contribution in [0.15, 0.2) is 19.5 Å². The van der Waals surface area contributed by atoms with Gasteiger partial charge in [-0.05, 0) is 44.8 Å². The Balaban J connectivity index is 0.00000180. The number of nitrogens with one attached hydrogen (secondary N) is 1. The van der Waals surface area contributed by atoms with Crippen LogP contribution in [0.3, 0.4) is 0 Å². The molecular formula is C12H17Br3Cl2N2O. The molecular weight excluding hydrogens is 499 g/mol. The minimum Gasteiger partial charge on any atom is -0.506 e. The molecule has 0 radical (unpaired) electrons. The number of nitrogens with zero attached hydrogens (tertiary/aromatic N) is 1. The van der Waals surface area contributed by atoms with Crippen LogP contribution in [0.25, 0.3) is 0 Å². The van der Waals surface area contributed by atoms with Gasteiger partial charge < -0.3 is 10.4 Å². The van der Waals surface area contributed by atoms with Gasteiger partial charge in [0.25, 0.3) is 0 Å². The summed E-state index contributed by atoms with van der Waals surface area (Å²) in [6.45, 7) is 6.25. The second kappa shape index (κ2) is 9.18. The highest BCUT2D eigenvalue weighted by Crippen LogP contribution is 2.43. The molecule has 0 amide bonds. The second-order valence-corrected chi connectivity index (χ2v) is 6.88. The highest BCUT2D eigenvalue weighted by molar-refractivity contribution is 9.11. The van der Waals surface area contributed by atoms with Crippen molar-refractivity contribution in [2.24, 2.45) is 0 Å². The largest absolute Gasteiger partial charge is 0.506 e. The maximum Gasteiger partial charge on any atom is 0.144 e. The van der Waals surface area contributed by atoms with Crippen molar-refractivity contribution >= 4 is 72.6 Å². The van der Waals surface area contributed by atoms with Crippen molar-refractivity contribution in [2.75, 3.05) is 26.2 Å². The van der Waals surface area contributed by atoms with Crippen molar-refractivity contribution in [3.8, 4) is 5.75 Å². The Morgan fingerprint density at radius 3 is 2.25 bits per heavy atom. The van der Waals surface area contributed by atoms with E-state index in [1.807, 2.05) is 6.07 Å². The first-order valence-corrected chi connectivity index (χ1v) is 8.21. The predicted molar refractivity (Wildman–Crippen MR) is 98.6 cm³/mol. The predicted octanol–water partition coefficient (Wildman–Crippen LogP) is 4.49. The minimum atomic E-state index is 0. The number of phenols is 1. The molecule has 1 heterocycles. The van der Waals surface area contributed by atoms with Gasteiger partial charge in [0.15, 0.2) is 0 Å². The summed E-state index contributed by atoms with van der Waals surface area (Å²) < 4.78 is 2.46. The molecule has 1 atom stereocenters. The van der Waals surface area contributed by atoms with Crippen LogP contribution >= 0.6 is 72.6 Å². The molecule has 2 N–H and O–H groups in total. The standard InChI is InChI=1S/C12H15Br3N2O.2ClH/c1-7(17-4-2-16-3-5-17)10-8(13)6-9(14)12(18)11(10)15;;/h6-7,16,18H,2-5H2,1H3;2*1H/t7-;;/m0../s1. The van der Waals surface area contributed by atoms with Crippen LogP contribution in [0.5, 0.6) is 5.75 Å². The molecule has 0 spiro atoms. The molecule has 1 aromatic carbocycles. The quantitative estimate of drug-likeness (QED) is 0.609. The monoisotopic (exact) mass is 512 g/mol. The maximum atomic E-state index is 10.0. The number of rotatable bonds is 2.